The minimum Gasteiger partial charge on any atom is -0.456 e. The van der Waals surface area contributed by atoms with Crippen LogP contribution in [0.5, 0.6) is 0 Å². The molecule has 198 valence electrons. The van der Waals surface area contributed by atoms with Crippen LogP contribution in [-0.4, -0.2) is 0 Å². The van der Waals surface area contributed by atoms with Gasteiger partial charge in [-0.1, -0.05) is 109 Å². The third-order valence-corrected chi connectivity index (χ3v) is 8.02. The van der Waals surface area contributed by atoms with Gasteiger partial charge in [0.15, 0.2) is 0 Å². The summed E-state index contributed by atoms with van der Waals surface area (Å²) in [7, 11) is 0. The van der Waals surface area contributed by atoms with Crippen LogP contribution in [0.15, 0.2) is 168 Å². The maximum atomic E-state index is 6.33. The highest BCUT2D eigenvalue weighted by molar-refractivity contribution is 6.11. The van der Waals surface area contributed by atoms with Gasteiger partial charge in [0.05, 0.1) is 0 Å². The fraction of sp³-hybridized carbons (Fsp3) is 0. The maximum absolute atomic E-state index is 6.33. The second-order valence-electron chi connectivity index (χ2n) is 10.6. The molecule has 0 bridgehead atoms. The second kappa shape index (κ2) is 10.1. The third-order valence-electron chi connectivity index (χ3n) is 8.02. The quantitative estimate of drug-likeness (QED) is 0.217. The van der Waals surface area contributed by atoms with E-state index in [1.807, 2.05) is 0 Å². The summed E-state index contributed by atoms with van der Waals surface area (Å²) in [5, 5.41) is 4.63. The number of fused-ring (bicyclic) bond motifs is 4. The molecule has 0 amide bonds. The van der Waals surface area contributed by atoms with E-state index in [4.69, 9.17) is 4.42 Å². The van der Waals surface area contributed by atoms with E-state index in [1.54, 1.807) is 0 Å². The normalized spacial score (nSPS) is 11.3. The zero-order valence-corrected chi connectivity index (χ0v) is 22.9. The molecule has 0 N–H and O–H groups in total. The van der Waals surface area contributed by atoms with Gasteiger partial charge in [0, 0.05) is 27.8 Å². The van der Waals surface area contributed by atoms with Gasteiger partial charge in [0.1, 0.15) is 11.2 Å². The standard InChI is InChI=1S/C40H27NO/c1-3-10-28(11-4-1)30-18-20-34(21-19-30)41(35-17-9-16-31(24-35)29-12-5-2-6-13-29)36-22-23-39-38(27-36)37-25-32-14-7-8-15-33(32)26-40(37)42-39/h1-27H. The number of furan rings is 1. The highest BCUT2D eigenvalue weighted by atomic mass is 16.3. The largest absolute Gasteiger partial charge is 0.456 e. The molecule has 0 spiro atoms. The zero-order valence-electron chi connectivity index (χ0n) is 22.9. The summed E-state index contributed by atoms with van der Waals surface area (Å²) in [5.74, 6) is 0. The lowest BCUT2D eigenvalue weighted by Gasteiger charge is -2.26. The van der Waals surface area contributed by atoms with Gasteiger partial charge in [-0.25, -0.2) is 0 Å². The summed E-state index contributed by atoms with van der Waals surface area (Å²) in [5.41, 5.74) is 9.85. The summed E-state index contributed by atoms with van der Waals surface area (Å²) < 4.78 is 6.33. The molecule has 1 aromatic heterocycles. The van der Waals surface area contributed by atoms with Crippen LogP contribution < -0.4 is 4.90 Å². The molecular formula is C40H27NO. The van der Waals surface area contributed by atoms with Gasteiger partial charge in [-0.2, -0.15) is 0 Å². The number of rotatable bonds is 5. The van der Waals surface area contributed by atoms with Gasteiger partial charge in [0.25, 0.3) is 0 Å². The predicted molar refractivity (Wildman–Crippen MR) is 177 cm³/mol. The first-order chi connectivity index (χ1) is 20.8. The average molecular weight is 538 g/mol. The van der Waals surface area contributed by atoms with Crippen LogP contribution in [0.1, 0.15) is 0 Å². The first-order valence-electron chi connectivity index (χ1n) is 14.3. The highest BCUT2D eigenvalue weighted by Crippen LogP contribution is 2.41. The highest BCUT2D eigenvalue weighted by Gasteiger charge is 2.17. The molecule has 7 aromatic carbocycles. The molecule has 0 aliphatic heterocycles. The molecule has 2 heteroatoms. The van der Waals surface area contributed by atoms with Gasteiger partial charge < -0.3 is 9.32 Å². The molecule has 8 aromatic rings. The Kier molecular flexibility index (Phi) is 5.82. The van der Waals surface area contributed by atoms with E-state index in [9.17, 15) is 0 Å². The molecular weight excluding hydrogens is 510 g/mol. The lowest BCUT2D eigenvalue weighted by Crippen LogP contribution is -2.10. The maximum Gasteiger partial charge on any atom is 0.136 e. The van der Waals surface area contributed by atoms with Crippen molar-refractivity contribution in [1.82, 2.24) is 0 Å². The zero-order chi connectivity index (χ0) is 27.9. The van der Waals surface area contributed by atoms with E-state index >= 15 is 0 Å². The van der Waals surface area contributed by atoms with Crippen LogP contribution in [0.25, 0.3) is 55.0 Å². The van der Waals surface area contributed by atoms with Crippen molar-refractivity contribution >= 4 is 49.8 Å². The van der Waals surface area contributed by atoms with Gasteiger partial charge >= 0.3 is 0 Å². The minimum atomic E-state index is 0.890. The molecule has 42 heavy (non-hydrogen) atoms. The van der Waals surface area contributed by atoms with Crippen LogP contribution in [0, 0.1) is 0 Å². The van der Waals surface area contributed by atoms with Gasteiger partial charge in [0.2, 0.25) is 0 Å². The first-order valence-corrected chi connectivity index (χ1v) is 14.3. The van der Waals surface area contributed by atoms with Crippen molar-refractivity contribution in [3.8, 4) is 22.3 Å². The van der Waals surface area contributed by atoms with E-state index in [1.165, 1.54) is 33.0 Å². The monoisotopic (exact) mass is 537 g/mol. The Hall–Kier alpha value is -5.60. The lowest BCUT2D eigenvalue weighted by atomic mass is 10.0. The van der Waals surface area contributed by atoms with Crippen molar-refractivity contribution in [1.29, 1.82) is 0 Å². The fourth-order valence-corrected chi connectivity index (χ4v) is 5.93. The van der Waals surface area contributed by atoms with Crippen LogP contribution in [0.2, 0.25) is 0 Å². The number of nitrogens with zero attached hydrogens (tertiary/aromatic N) is 1. The van der Waals surface area contributed by atoms with Gasteiger partial charge in [-0.15, -0.1) is 0 Å². The van der Waals surface area contributed by atoms with Crippen molar-refractivity contribution in [2.75, 3.05) is 4.90 Å². The number of hydrogen-bond acceptors (Lipinski definition) is 2. The molecule has 2 nitrogen and oxygen atoms in total. The van der Waals surface area contributed by atoms with E-state index in [0.29, 0.717) is 0 Å². The fourth-order valence-electron chi connectivity index (χ4n) is 5.93. The number of hydrogen-bond donors (Lipinski definition) is 0. The Morgan fingerprint density at radius 2 is 0.881 bits per heavy atom. The van der Waals surface area contributed by atoms with Crippen molar-refractivity contribution < 1.29 is 4.42 Å². The predicted octanol–water partition coefficient (Wildman–Crippen LogP) is 11.5. The summed E-state index contributed by atoms with van der Waals surface area (Å²) in [4.78, 5) is 2.33. The van der Waals surface area contributed by atoms with Crippen molar-refractivity contribution in [2.24, 2.45) is 0 Å². The van der Waals surface area contributed by atoms with Crippen molar-refractivity contribution in [3.05, 3.63) is 164 Å². The SMILES string of the molecule is c1ccc(-c2ccc(N(c3cccc(-c4ccccc4)c3)c3ccc4oc5cc6ccccc6cc5c4c3)cc2)cc1. The minimum absolute atomic E-state index is 0.890. The molecule has 0 radical (unpaired) electrons. The smallest absolute Gasteiger partial charge is 0.136 e. The topological polar surface area (TPSA) is 16.4 Å². The molecule has 8 rings (SSSR count). The van der Waals surface area contributed by atoms with Crippen LogP contribution >= 0.6 is 0 Å². The Balaban J connectivity index is 1.30. The Morgan fingerprint density at radius 1 is 0.333 bits per heavy atom. The molecule has 0 saturated carbocycles. The van der Waals surface area contributed by atoms with Crippen molar-refractivity contribution in [3.63, 3.8) is 0 Å². The molecule has 0 aliphatic carbocycles. The number of anilines is 3. The Bertz CT molecular complexity index is 2180. The number of benzene rings is 7. The van der Waals surface area contributed by atoms with E-state index in [0.717, 1.165) is 39.0 Å². The summed E-state index contributed by atoms with van der Waals surface area (Å²) >= 11 is 0. The van der Waals surface area contributed by atoms with Crippen LogP contribution in [-0.2, 0) is 0 Å². The summed E-state index contributed by atoms with van der Waals surface area (Å²) in [6, 6.07) is 58.0. The van der Waals surface area contributed by atoms with E-state index in [-0.39, 0.29) is 0 Å². The Labute approximate surface area is 244 Å². The second-order valence-corrected chi connectivity index (χ2v) is 10.6. The molecule has 0 saturated heterocycles. The molecule has 0 unspecified atom stereocenters. The lowest BCUT2D eigenvalue weighted by molar-refractivity contribution is 0.669. The van der Waals surface area contributed by atoms with Gasteiger partial charge in [-0.3, -0.25) is 0 Å². The molecule has 0 aliphatic rings. The van der Waals surface area contributed by atoms with E-state index < -0.39 is 0 Å². The van der Waals surface area contributed by atoms with Crippen LogP contribution in [0.4, 0.5) is 17.1 Å². The summed E-state index contributed by atoms with van der Waals surface area (Å²) in [6.07, 6.45) is 0. The van der Waals surface area contributed by atoms with Gasteiger partial charge in [-0.05, 0) is 87.6 Å². The summed E-state index contributed by atoms with van der Waals surface area (Å²) in [6.45, 7) is 0. The first kappa shape index (κ1) is 24.2. The van der Waals surface area contributed by atoms with Crippen LogP contribution in [0.3, 0.4) is 0 Å². The molecule has 0 atom stereocenters. The van der Waals surface area contributed by atoms with E-state index in [2.05, 4.69) is 169 Å². The molecule has 0 fully saturated rings. The van der Waals surface area contributed by atoms with Crippen molar-refractivity contribution in [2.45, 2.75) is 0 Å². The Morgan fingerprint density at radius 3 is 1.62 bits per heavy atom. The average Bonchev–Trinajstić information content (AvgIpc) is 3.42. The third kappa shape index (κ3) is 4.31. The molecule has 1 heterocycles.